The maximum absolute atomic E-state index is 12.8. The number of benzene rings is 2. The summed E-state index contributed by atoms with van der Waals surface area (Å²) in [7, 11) is 1.92. The van der Waals surface area contributed by atoms with Gasteiger partial charge in [0.2, 0.25) is 0 Å². The third kappa shape index (κ3) is 4.00. The predicted octanol–water partition coefficient (Wildman–Crippen LogP) is 5.91. The molecule has 1 aliphatic rings. The number of halogens is 1. The molecule has 28 heavy (non-hydrogen) atoms. The van der Waals surface area contributed by atoms with Crippen LogP contribution >= 0.6 is 11.6 Å². The van der Waals surface area contributed by atoms with Gasteiger partial charge in [-0.1, -0.05) is 54.1 Å². The normalized spacial score (nSPS) is 18.9. The van der Waals surface area contributed by atoms with Gasteiger partial charge in [-0.05, 0) is 67.0 Å². The van der Waals surface area contributed by atoms with Gasteiger partial charge in [0.1, 0.15) is 11.8 Å². The van der Waals surface area contributed by atoms with Gasteiger partial charge in [0.25, 0.3) is 0 Å². The lowest BCUT2D eigenvalue weighted by Gasteiger charge is -2.20. The quantitative estimate of drug-likeness (QED) is 0.504. The molecule has 3 nitrogen and oxygen atoms in total. The smallest absolute Gasteiger partial charge is 0.355 e. The zero-order valence-corrected chi connectivity index (χ0v) is 16.7. The van der Waals surface area contributed by atoms with Gasteiger partial charge in [-0.25, -0.2) is 4.79 Å². The molecule has 0 radical (unpaired) electrons. The topological polar surface area (TPSA) is 31.2 Å². The third-order valence-corrected chi connectivity index (χ3v) is 5.91. The van der Waals surface area contributed by atoms with Crippen LogP contribution in [-0.4, -0.2) is 16.6 Å². The molecular formula is C24H24ClNO2. The second kappa shape index (κ2) is 8.24. The van der Waals surface area contributed by atoms with Crippen molar-refractivity contribution in [2.45, 2.75) is 31.8 Å². The highest BCUT2D eigenvalue weighted by molar-refractivity contribution is 6.30. The monoisotopic (exact) mass is 393 g/mol. The van der Waals surface area contributed by atoms with E-state index in [1.54, 1.807) is 0 Å². The van der Waals surface area contributed by atoms with Crippen molar-refractivity contribution in [3.05, 3.63) is 83.0 Å². The van der Waals surface area contributed by atoms with Crippen LogP contribution in [0.4, 0.5) is 0 Å². The number of hydrogen-bond acceptors (Lipinski definition) is 2. The molecule has 1 aliphatic carbocycles. The Morgan fingerprint density at radius 1 is 1.04 bits per heavy atom. The Kier molecular flexibility index (Phi) is 5.54. The minimum Gasteiger partial charge on any atom is -0.457 e. The Morgan fingerprint density at radius 2 is 1.79 bits per heavy atom. The lowest BCUT2D eigenvalue weighted by Crippen LogP contribution is -2.25. The van der Waals surface area contributed by atoms with Crippen molar-refractivity contribution in [1.82, 2.24) is 4.57 Å². The Balaban J connectivity index is 1.46. The van der Waals surface area contributed by atoms with Crippen molar-refractivity contribution in [2.75, 3.05) is 0 Å². The van der Waals surface area contributed by atoms with Crippen LogP contribution in [0.2, 0.25) is 5.02 Å². The molecule has 2 unspecified atom stereocenters. The number of carbonyl (C=O) groups is 1. The molecule has 0 bridgehead atoms. The number of rotatable bonds is 5. The predicted molar refractivity (Wildman–Crippen MR) is 113 cm³/mol. The summed E-state index contributed by atoms with van der Waals surface area (Å²) in [6.07, 6.45) is 4.00. The first-order valence-corrected chi connectivity index (χ1v) is 10.2. The first-order valence-electron chi connectivity index (χ1n) is 9.78. The molecule has 0 amide bonds. The summed E-state index contributed by atoms with van der Waals surface area (Å²) in [4.78, 5) is 12.8. The third-order valence-electron chi connectivity index (χ3n) is 5.66. The maximum Gasteiger partial charge on any atom is 0.355 e. The van der Waals surface area contributed by atoms with Gasteiger partial charge >= 0.3 is 5.97 Å². The highest BCUT2D eigenvalue weighted by Gasteiger charge is 2.31. The van der Waals surface area contributed by atoms with E-state index in [4.69, 9.17) is 16.3 Å². The van der Waals surface area contributed by atoms with Crippen LogP contribution in [0.1, 0.15) is 35.3 Å². The standard InChI is InChI=1S/C24H24ClNO2/c1-26-21(18-6-3-2-4-7-18)14-15-22(26)24(27)28-23-9-5-8-19(23)16-17-10-12-20(25)13-11-17/h2-4,6-7,10-15,19,23H,5,8-9,16H2,1H3. The van der Waals surface area contributed by atoms with Crippen LogP contribution in [0.15, 0.2) is 66.7 Å². The van der Waals surface area contributed by atoms with Crippen molar-refractivity contribution in [3.8, 4) is 11.3 Å². The van der Waals surface area contributed by atoms with Gasteiger partial charge in [0, 0.05) is 17.8 Å². The van der Waals surface area contributed by atoms with E-state index in [2.05, 4.69) is 12.1 Å². The van der Waals surface area contributed by atoms with E-state index < -0.39 is 0 Å². The molecule has 0 N–H and O–H groups in total. The van der Waals surface area contributed by atoms with E-state index >= 15 is 0 Å². The molecule has 0 aliphatic heterocycles. The van der Waals surface area contributed by atoms with Crippen LogP contribution in [0.5, 0.6) is 0 Å². The van der Waals surface area contributed by atoms with Crippen molar-refractivity contribution in [3.63, 3.8) is 0 Å². The van der Waals surface area contributed by atoms with E-state index in [0.717, 1.165) is 42.0 Å². The van der Waals surface area contributed by atoms with Gasteiger partial charge in [0.05, 0.1) is 0 Å². The lowest BCUT2D eigenvalue weighted by atomic mass is 9.96. The zero-order chi connectivity index (χ0) is 19.5. The molecule has 1 heterocycles. The second-order valence-corrected chi connectivity index (χ2v) is 7.93. The van der Waals surface area contributed by atoms with Crippen molar-refractivity contribution >= 4 is 17.6 Å². The number of carbonyl (C=O) groups excluding carboxylic acids is 1. The molecule has 144 valence electrons. The van der Waals surface area contributed by atoms with Crippen LogP contribution < -0.4 is 0 Å². The first kappa shape index (κ1) is 18.8. The van der Waals surface area contributed by atoms with Gasteiger partial charge in [-0.3, -0.25) is 0 Å². The zero-order valence-electron chi connectivity index (χ0n) is 16.0. The van der Waals surface area contributed by atoms with Gasteiger partial charge in [-0.15, -0.1) is 0 Å². The number of nitrogens with zero attached hydrogens (tertiary/aromatic N) is 1. The average molecular weight is 394 g/mol. The van der Waals surface area contributed by atoms with E-state index in [0.29, 0.717) is 11.6 Å². The van der Waals surface area contributed by atoms with Gasteiger partial charge in [0.15, 0.2) is 0 Å². The van der Waals surface area contributed by atoms with E-state index in [1.165, 1.54) is 5.56 Å². The Morgan fingerprint density at radius 3 is 2.54 bits per heavy atom. The number of esters is 1. The molecule has 3 aromatic rings. The summed E-state index contributed by atoms with van der Waals surface area (Å²) >= 11 is 5.98. The molecule has 1 saturated carbocycles. The van der Waals surface area contributed by atoms with Crippen LogP contribution in [-0.2, 0) is 18.2 Å². The van der Waals surface area contributed by atoms with E-state index in [-0.39, 0.29) is 12.1 Å². The molecule has 2 atom stereocenters. The number of ether oxygens (including phenoxy) is 1. The second-order valence-electron chi connectivity index (χ2n) is 7.49. The number of aromatic nitrogens is 1. The Bertz CT molecular complexity index is 946. The van der Waals surface area contributed by atoms with E-state index in [1.807, 2.05) is 66.2 Å². The molecule has 4 heteroatoms. The summed E-state index contributed by atoms with van der Waals surface area (Å²) in [6.45, 7) is 0. The SMILES string of the molecule is Cn1c(C(=O)OC2CCCC2Cc2ccc(Cl)cc2)ccc1-c1ccccc1. The average Bonchev–Trinajstić information content (AvgIpc) is 3.30. The summed E-state index contributed by atoms with van der Waals surface area (Å²) in [5, 5.41) is 0.746. The van der Waals surface area contributed by atoms with Gasteiger partial charge in [-0.2, -0.15) is 0 Å². The van der Waals surface area contributed by atoms with Gasteiger partial charge < -0.3 is 9.30 Å². The lowest BCUT2D eigenvalue weighted by molar-refractivity contribution is 0.0197. The molecule has 4 rings (SSSR count). The van der Waals surface area contributed by atoms with Crippen molar-refractivity contribution < 1.29 is 9.53 Å². The fourth-order valence-corrected chi connectivity index (χ4v) is 4.25. The molecule has 1 fully saturated rings. The minimum atomic E-state index is -0.238. The minimum absolute atomic E-state index is 0.0294. The fourth-order valence-electron chi connectivity index (χ4n) is 4.13. The van der Waals surface area contributed by atoms with Crippen molar-refractivity contribution in [2.24, 2.45) is 13.0 Å². The largest absolute Gasteiger partial charge is 0.457 e. The Hall–Kier alpha value is -2.52. The molecule has 1 aromatic heterocycles. The van der Waals surface area contributed by atoms with Crippen LogP contribution in [0.3, 0.4) is 0 Å². The highest BCUT2D eigenvalue weighted by Crippen LogP contribution is 2.32. The Labute approximate surface area is 170 Å². The number of hydrogen-bond donors (Lipinski definition) is 0. The highest BCUT2D eigenvalue weighted by atomic mass is 35.5. The van der Waals surface area contributed by atoms with E-state index in [9.17, 15) is 4.79 Å². The summed E-state index contributed by atoms with van der Waals surface area (Å²) < 4.78 is 7.87. The summed E-state index contributed by atoms with van der Waals surface area (Å²) in [5.74, 6) is 0.122. The summed E-state index contributed by atoms with van der Waals surface area (Å²) in [5.41, 5.74) is 3.93. The van der Waals surface area contributed by atoms with Crippen LogP contribution in [0.25, 0.3) is 11.3 Å². The fraction of sp³-hybridized carbons (Fsp3) is 0.292. The van der Waals surface area contributed by atoms with Crippen LogP contribution in [0, 0.1) is 5.92 Å². The van der Waals surface area contributed by atoms with Crippen molar-refractivity contribution in [1.29, 1.82) is 0 Å². The maximum atomic E-state index is 12.8. The molecule has 2 aromatic carbocycles. The molecule has 0 saturated heterocycles. The molecule has 0 spiro atoms. The first-order chi connectivity index (χ1) is 13.6. The summed E-state index contributed by atoms with van der Waals surface area (Å²) in [6, 6.07) is 21.9. The molecular weight excluding hydrogens is 370 g/mol.